The van der Waals surface area contributed by atoms with Crippen LogP contribution in [-0.2, 0) is 0 Å². The zero-order chi connectivity index (χ0) is 9.14. The number of nitriles is 1. The average Bonchev–Trinajstić information content (AvgIpc) is 2.08. The molecule has 5 heteroatoms. The lowest BCUT2D eigenvalue weighted by Gasteiger charge is -2.03. The second-order valence-corrected chi connectivity index (χ2v) is 2.34. The minimum absolute atomic E-state index is 0.112. The van der Waals surface area contributed by atoms with Crippen LogP contribution in [0.2, 0.25) is 5.15 Å². The van der Waals surface area contributed by atoms with Crippen molar-refractivity contribution in [2.24, 2.45) is 0 Å². The van der Waals surface area contributed by atoms with Crippen molar-refractivity contribution in [2.75, 3.05) is 7.11 Å². The molecular formula is C7H5ClN2O2. The average molecular weight is 185 g/mol. The number of nitrogens with zero attached hydrogens (tertiary/aromatic N) is 2. The predicted molar refractivity (Wildman–Crippen MR) is 42.2 cm³/mol. The van der Waals surface area contributed by atoms with Crippen molar-refractivity contribution in [3.05, 3.63) is 16.9 Å². The van der Waals surface area contributed by atoms with Gasteiger partial charge in [0.25, 0.3) is 0 Å². The van der Waals surface area contributed by atoms with E-state index in [0.29, 0.717) is 0 Å². The maximum atomic E-state index is 9.24. The second kappa shape index (κ2) is 3.28. The van der Waals surface area contributed by atoms with Crippen LogP contribution in [-0.4, -0.2) is 17.2 Å². The SMILES string of the molecule is COc1cc(Cl)nc(C#N)c1O. The van der Waals surface area contributed by atoms with Crippen molar-refractivity contribution < 1.29 is 9.84 Å². The molecule has 0 bridgehead atoms. The van der Waals surface area contributed by atoms with Crippen molar-refractivity contribution in [1.82, 2.24) is 4.98 Å². The van der Waals surface area contributed by atoms with Crippen LogP contribution in [0.3, 0.4) is 0 Å². The summed E-state index contributed by atoms with van der Waals surface area (Å²) in [6.45, 7) is 0. The lowest BCUT2D eigenvalue weighted by atomic mass is 10.3. The van der Waals surface area contributed by atoms with Gasteiger partial charge in [-0.3, -0.25) is 0 Å². The second-order valence-electron chi connectivity index (χ2n) is 1.96. The van der Waals surface area contributed by atoms with Crippen LogP contribution < -0.4 is 4.74 Å². The van der Waals surface area contributed by atoms with Crippen molar-refractivity contribution in [2.45, 2.75) is 0 Å². The fraction of sp³-hybridized carbons (Fsp3) is 0.143. The molecule has 12 heavy (non-hydrogen) atoms. The highest BCUT2D eigenvalue weighted by Crippen LogP contribution is 2.30. The fourth-order valence-electron chi connectivity index (χ4n) is 0.719. The van der Waals surface area contributed by atoms with E-state index in [9.17, 15) is 5.11 Å². The number of pyridine rings is 1. The smallest absolute Gasteiger partial charge is 0.195 e. The fourth-order valence-corrected chi connectivity index (χ4v) is 0.902. The molecule has 0 aliphatic rings. The molecule has 0 aliphatic heterocycles. The molecule has 0 aliphatic carbocycles. The summed E-state index contributed by atoms with van der Waals surface area (Å²) in [5.74, 6) is -0.143. The van der Waals surface area contributed by atoms with Crippen molar-refractivity contribution in [3.8, 4) is 17.6 Å². The Morgan fingerprint density at radius 3 is 2.92 bits per heavy atom. The normalized spacial score (nSPS) is 9.08. The molecule has 0 amide bonds. The van der Waals surface area contributed by atoms with Gasteiger partial charge in [0.15, 0.2) is 17.2 Å². The molecule has 0 saturated heterocycles. The van der Waals surface area contributed by atoms with Crippen LogP contribution in [0, 0.1) is 11.3 Å². The lowest BCUT2D eigenvalue weighted by molar-refractivity contribution is 0.371. The summed E-state index contributed by atoms with van der Waals surface area (Å²) in [5, 5.41) is 17.8. The summed E-state index contributed by atoms with van der Waals surface area (Å²) in [4.78, 5) is 3.57. The summed E-state index contributed by atoms with van der Waals surface area (Å²) in [6.07, 6.45) is 0. The van der Waals surface area contributed by atoms with Crippen LogP contribution in [0.15, 0.2) is 6.07 Å². The van der Waals surface area contributed by atoms with Crippen LogP contribution in [0.5, 0.6) is 11.5 Å². The minimum Gasteiger partial charge on any atom is -0.502 e. The third kappa shape index (κ3) is 1.41. The van der Waals surface area contributed by atoms with E-state index >= 15 is 0 Å². The number of hydrogen-bond donors (Lipinski definition) is 1. The standard InChI is InChI=1S/C7H5ClN2O2/c1-12-5-2-6(8)10-4(3-9)7(5)11/h2,11H,1H3. The molecule has 0 atom stereocenters. The predicted octanol–water partition coefficient (Wildman–Crippen LogP) is 1.32. The molecule has 0 fully saturated rings. The number of rotatable bonds is 1. The van der Waals surface area contributed by atoms with Gasteiger partial charge in [-0.25, -0.2) is 4.98 Å². The van der Waals surface area contributed by atoms with Crippen molar-refractivity contribution in [1.29, 1.82) is 5.26 Å². The van der Waals surface area contributed by atoms with Gasteiger partial charge in [-0.2, -0.15) is 5.26 Å². The number of aromatic hydroxyl groups is 1. The Balaban J connectivity index is 3.34. The van der Waals surface area contributed by atoms with Crippen LogP contribution in [0.25, 0.3) is 0 Å². The third-order valence-corrected chi connectivity index (χ3v) is 1.45. The van der Waals surface area contributed by atoms with Crippen LogP contribution in [0.1, 0.15) is 5.69 Å². The van der Waals surface area contributed by atoms with Crippen molar-refractivity contribution in [3.63, 3.8) is 0 Å². The van der Waals surface area contributed by atoms with Crippen molar-refractivity contribution >= 4 is 11.6 Å². The first kappa shape index (κ1) is 8.62. The van der Waals surface area contributed by atoms with Crippen LogP contribution in [0.4, 0.5) is 0 Å². The first-order chi connectivity index (χ1) is 5.69. The highest BCUT2D eigenvalue weighted by atomic mass is 35.5. The van der Waals surface area contributed by atoms with E-state index in [1.54, 1.807) is 6.07 Å². The summed E-state index contributed by atoms with van der Waals surface area (Å²) in [7, 11) is 1.37. The molecule has 1 aromatic heterocycles. The molecule has 0 aromatic carbocycles. The largest absolute Gasteiger partial charge is 0.502 e. The number of methoxy groups -OCH3 is 1. The van der Waals surface area contributed by atoms with E-state index in [-0.39, 0.29) is 22.3 Å². The quantitative estimate of drug-likeness (QED) is 0.669. The van der Waals surface area contributed by atoms with E-state index in [0.717, 1.165) is 0 Å². The van der Waals surface area contributed by atoms with E-state index < -0.39 is 0 Å². The number of hydrogen-bond acceptors (Lipinski definition) is 4. The molecule has 1 rings (SSSR count). The summed E-state index contributed by atoms with van der Waals surface area (Å²) < 4.78 is 4.74. The van der Waals surface area contributed by atoms with E-state index in [1.807, 2.05) is 0 Å². The van der Waals surface area contributed by atoms with Gasteiger partial charge < -0.3 is 9.84 Å². The van der Waals surface area contributed by atoms with E-state index in [4.69, 9.17) is 21.6 Å². The summed E-state index contributed by atoms with van der Waals surface area (Å²) in [5.41, 5.74) is -0.139. The van der Waals surface area contributed by atoms with Gasteiger partial charge >= 0.3 is 0 Å². The molecule has 1 aromatic rings. The van der Waals surface area contributed by atoms with E-state index in [2.05, 4.69) is 4.98 Å². The Hall–Kier alpha value is -1.47. The zero-order valence-corrected chi connectivity index (χ0v) is 6.96. The van der Waals surface area contributed by atoms with Gasteiger partial charge in [-0.05, 0) is 0 Å². The van der Waals surface area contributed by atoms with Gasteiger partial charge in [0.05, 0.1) is 7.11 Å². The van der Waals surface area contributed by atoms with E-state index in [1.165, 1.54) is 13.2 Å². The minimum atomic E-state index is -0.288. The Morgan fingerprint density at radius 2 is 2.42 bits per heavy atom. The molecule has 62 valence electrons. The number of halogens is 1. The highest BCUT2D eigenvalue weighted by molar-refractivity contribution is 6.29. The van der Waals surface area contributed by atoms with Crippen LogP contribution >= 0.6 is 11.6 Å². The molecule has 1 N–H and O–H groups in total. The van der Waals surface area contributed by atoms with Gasteiger partial charge in [0.1, 0.15) is 11.2 Å². The van der Waals surface area contributed by atoms with Gasteiger partial charge in [-0.15, -0.1) is 0 Å². The lowest BCUT2D eigenvalue weighted by Crippen LogP contribution is -1.90. The molecule has 0 saturated carbocycles. The molecule has 4 nitrogen and oxygen atoms in total. The van der Waals surface area contributed by atoms with Gasteiger partial charge in [0.2, 0.25) is 0 Å². The Bertz CT molecular complexity index is 346. The monoisotopic (exact) mass is 184 g/mol. The number of ether oxygens (including phenoxy) is 1. The Kier molecular flexibility index (Phi) is 2.36. The topological polar surface area (TPSA) is 66.1 Å². The molecule has 0 spiro atoms. The molecular weight excluding hydrogens is 180 g/mol. The first-order valence-electron chi connectivity index (χ1n) is 3.02. The number of aromatic nitrogens is 1. The van der Waals surface area contributed by atoms with Gasteiger partial charge in [0, 0.05) is 6.07 Å². The maximum Gasteiger partial charge on any atom is 0.195 e. The third-order valence-electron chi connectivity index (χ3n) is 1.25. The molecule has 1 heterocycles. The zero-order valence-electron chi connectivity index (χ0n) is 6.21. The molecule has 0 unspecified atom stereocenters. The Morgan fingerprint density at radius 1 is 1.75 bits per heavy atom. The highest BCUT2D eigenvalue weighted by Gasteiger charge is 2.10. The first-order valence-corrected chi connectivity index (χ1v) is 3.40. The van der Waals surface area contributed by atoms with Gasteiger partial charge in [-0.1, -0.05) is 11.6 Å². The maximum absolute atomic E-state index is 9.24. The molecule has 0 radical (unpaired) electrons. The summed E-state index contributed by atoms with van der Waals surface area (Å²) in [6, 6.07) is 3.02. The Labute approximate surface area is 74.0 Å². The summed E-state index contributed by atoms with van der Waals surface area (Å²) >= 11 is 5.53.